The molecule has 0 aliphatic carbocycles. The summed E-state index contributed by atoms with van der Waals surface area (Å²) in [6.07, 6.45) is 0.701. The molecule has 5 nitrogen and oxygen atoms in total. The fourth-order valence-corrected chi connectivity index (χ4v) is 1.39. The van der Waals surface area contributed by atoms with Crippen LogP contribution in [0.1, 0.15) is 17.1 Å². The molecule has 0 fully saturated rings. The van der Waals surface area contributed by atoms with Crippen LogP contribution in [-0.4, -0.2) is 16.6 Å². The van der Waals surface area contributed by atoms with Crippen molar-refractivity contribution in [2.75, 3.05) is 6.61 Å². The molecule has 0 saturated carbocycles. The molecular formula is C8H12ClN3O2. The summed E-state index contributed by atoms with van der Waals surface area (Å²) in [7, 11) is 0. The third-order valence-corrected chi connectivity index (χ3v) is 2.07. The molecule has 1 aliphatic rings. The zero-order valence-corrected chi connectivity index (χ0v) is 8.39. The Bertz CT molecular complexity index is 377. The fourth-order valence-electron chi connectivity index (χ4n) is 1.39. The van der Waals surface area contributed by atoms with Crippen molar-refractivity contribution >= 4 is 12.4 Å². The molecule has 1 aromatic heterocycles. The highest BCUT2D eigenvalue weighted by Crippen LogP contribution is 2.09. The van der Waals surface area contributed by atoms with E-state index in [1.54, 1.807) is 0 Å². The number of nitrogens with two attached hydrogens (primary N) is 1. The van der Waals surface area contributed by atoms with Gasteiger partial charge in [-0.05, 0) is 0 Å². The van der Waals surface area contributed by atoms with E-state index in [4.69, 9.17) is 10.5 Å². The Kier molecular flexibility index (Phi) is 3.62. The largest absolute Gasteiger partial charge is 0.376 e. The summed E-state index contributed by atoms with van der Waals surface area (Å²) in [5.74, 6) is 0.547. The smallest absolute Gasteiger partial charge is 0.256 e. The van der Waals surface area contributed by atoms with Gasteiger partial charge in [0.2, 0.25) is 0 Å². The molecule has 1 aliphatic heterocycles. The van der Waals surface area contributed by atoms with E-state index in [0.29, 0.717) is 31.0 Å². The van der Waals surface area contributed by atoms with Crippen LogP contribution in [0.5, 0.6) is 0 Å². The topological polar surface area (TPSA) is 81.0 Å². The zero-order valence-electron chi connectivity index (χ0n) is 7.58. The lowest BCUT2D eigenvalue weighted by Gasteiger charge is -2.14. The highest BCUT2D eigenvalue weighted by atomic mass is 35.5. The number of nitrogens with zero attached hydrogens (tertiary/aromatic N) is 1. The molecule has 0 atom stereocenters. The second kappa shape index (κ2) is 4.54. The maximum absolute atomic E-state index is 11.4. The molecule has 0 radical (unpaired) electrons. The summed E-state index contributed by atoms with van der Waals surface area (Å²) in [6, 6.07) is 0. The van der Waals surface area contributed by atoms with Crippen LogP contribution in [0.2, 0.25) is 0 Å². The third kappa shape index (κ3) is 1.95. The number of aromatic amines is 1. The van der Waals surface area contributed by atoms with Gasteiger partial charge in [0.1, 0.15) is 5.82 Å². The van der Waals surface area contributed by atoms with Crippen molar-refractivity contribution in [2.45, 2.75) is 19.6 Å². The van der Waals surface area contributed by atoms with E-state index in [2.05, 4.69) is 9.97 Å². The third-order valence-electron chi connectivity index (χ3n) is 2.07. The van der Waals surface area contributed by atoms with Crippen LogP contribution in [0.4, 0.5) is 0 Å². The second-order valence-corrected chi connectivity index (χ2v) is 2.94. The minimum atomic E-state index is -0.120. The summed E-state index contributed by atoms with van der Waals surface area (Å²) < 4.78 is 5.16. The summed E-state index contributed by atoms with van der Waals surface area (Å²) in [6.45, 7) is 1.26. The minimum absolute atomic E-state index is 0. The SMILES string of the molecule is Cl.NCc1nc2c(c(=O)[nH]1)COCC2. The van der Waals surface area contributed by atoms with Crippen LogP contribution in [0, 0.1) is 0 Å². The number of ether oxygens (including phenoxy) is 1. The first-order chi connectivity index (χ1) is 6.31. The first-order valence-electron chi connectivity index (χ1n) is 4.20. The molecule has 1 aromatic rings. The lowest BCUT2D eigenvalue weighted by atomic mass is 10.1. The van der Waals surface area contributed by atoms with Crippen molar-refractivity contribution in [1.29, 1.82) is 0 Å². The molecule has 0 amide bonds. The Balaban J connectivity index is 0.000000980. The molecule has 0 saturated heterocycles. The minimum Gasteiger partial charge on any atom is -0.376 e. The highest BCUT2D eigenvalue weighted by molar-refractivity contribution is 5.85. The van der Waals surface area contributed by atoms with Crippen LogP contribution in [0.15, 0.2) is 4.79 Å². The second-order valence-electron chi connectivity index (χ2n) is 2.94. The summed E-state index contributed by atoms with van der Waals surface area (Å²) in [5.41, 5.74) is 6.74. The van der Waals surface area contributed by atoms with Gasteiger partial charge in [-0.1, -0.05) is 0 Å². The number of halogens is 1. The Hall–Kier alpha value is -0.910. The van der Waals surface area contributed by atoms with E-state index in [-0.39, 0.29) is 24.5 Å². The number of fused-ring (bicyclic) bond motifs is 1. The predicted octanol–water partition coefficient (Wildman–Crippen LogP) is -0.277. The summed E-state index contributed by atoms with van der Waals surface area (Å²) in [4.78, 5) is 18.3. The van der Waals surface area contributed by atoms with E-state index in [1.165, 1.54) is 0 Å². The van der Waals surface area contributed by atoms with Crippen LogP contribution in [0.3, 0.4) is 0 Å². The Morgan fingerprint density at radius 1 is 1.57 bits per heavy atom. The molecule has 6 heteroatoms. The average molecular weight is 218 g/mol. The molecule has 14 heavy (non-hydrogen) atoms. The Labute approximate surface area is 87.1 Å². The lowest BCUT2D eigenvalue weighted by Crippen LogP contribution is -2.26. The number of nitrogens with one attached hydrogen (secondary N) is 1. The predicted molar refractivity (Wildman–Crippen MR) is 53.4 cm³/mol. The molecule has 3 N–H and O–H groups in total. The number of hydrogen-bond acceptors (Lipinski definition) is 4. The molecule has 0 aromatic carbocycles. The quantitative estimate of drug-likeness (QED) is 0.678. The number of H-pyrrole nitrogens is 1. The van der Waals surface area contributed by atoms with E-state index >= 15 is 0 Å². The van der Waals surface area contributed by atoms with Crippen molar-refractivity contribution in [3.8, 4) is 0 Å². The summed E-state index contributed by atoms with van der Waals surface area (Å²) >= 11 is 0. The van der Waals surface area contributed by atoms with Gasteiger partial charge in [-0.3, -0.25) is 4.79 Å². The number of hydrogen-bond donors (Lipinski definition) is 2. The van der Waals surface area contributed by atoms with Gasteiger partial charge in [-0.25, -0.2) is 4.98 Å². The van der Waals surface area contributed by atoms with Crippen LogP contribution < -0.4 is 11.3 Å². The highest BCUT2D eigenvalue weighted by Gasteiger charge is 2.14. The van der Waals surface area contributed by atoms with Gasteiger partial charge in [0.15, 0.2) is 0 Å². The maximum Gasteiger partial charge on any atom is 0.256 e. The van der Waals surface area contributed by atoms with Crippen molar-refractivity contribution < 1.29 is 4.74 Å². The first kappa shape index (κ1) is 11.2. The average Bonchev–Trinajstić information content (AvgIpc) is 2.18. The van der Waals surface area contributed by atoms with Crippen molar-refractivity contribution in [1.82, 2.24) is 9.97 Å². The van der Waals surface area contributed by atoms with Gasteiger partial charge in [0.25, 0.3) is 5.56 Å². The van der Waals surface area contributed by atoms with Gasteiger partial charge < -0.3 is 15.5 Å². The fraction of sp³-hybridized carbons (Fsp3) is 0.500. The van der Waals surface area contributed by atoms with Gasteiger partial charge in [0, 0.05) is 6.42 Å². The van der Waals surface area contributed by atoms with E-state index in [9.17, 15) is 4.79 Å². The van der Waals surface area contributed by atoms with Crippen molar-refractivity contribution in [3.05, 3.63) is 27.4 Å². The van der Waals surface area contributed by atoms with Gasteiger partial charge in [-0.15, -0.1) is 12.4 Å². The maximum atomic E-state index is 11.4. The van der Waals surface area contributed by atoms with E-state index in [0.717, 1.165) is 5.69 Å². The van der Waals surface area contributed by atoms with Gasteiger partial charge in [-0.2, -0.15) is 0 Å². The Morgan fingerprint density at radius 3 is 3.07 bits per heavy atom. The number of rotatable bonds is 1. The number of aromatic nitrogens is 2. The lowest BCUT2D eigenvalue weighted by molar-refractivity contribution is 0.108. The van der Waals surface area contributed by atoms with Gasteiger partial charge in [0.05, 0.1) is 31.0 Å². The molecule has 2 rings (SSSR count). The van der Waals surface area contributed by atoms with E-state index < -0.39 is 0 Å². The molecule has 2 heterocycles. The Morgan fingerprint density at radius 2 is 2.36 bits per heavy atom. The molecule has 0 unspecified atom stereocenters. The molecule has 78 valence electrons. The molecule has 0 bridgehead atoms. The van der Waals surface area contributed by atoms with Gasteiger partial charge >= 0.3 is 0 Å². The normalized spacial score (nSPS) is 14.4. The van der Waals surface area contributed by atoms with Crippen molar-refractivity contribution in [2.24, 2.45) is 5.73 Å². The van der Waals surface area contributed by atoms with Crippen LogP contribution >= 0.6 is 12.4 Å². The zero-order chi connectivity index (χ0) is 9.26. The first-order valence-corrected chi connectivity index (χ1v) is 4.20. The van der Waals surface area contributed by atoms with E-state index in [1.807, 2.05) is 0 Å². The monoisotopic (exact) mass is 217 g/mol. The van der Waals surface area contributed by atoms with Crippen LogP contribution in [-0.2, 0) is 24.3 Å². The molecule has 0 spiro atoms. The van der Waals surface area contributed by atoms with Crippen molar-refractivity contribution in [3.63, 3.8) is 0 Å². The summed E-state index contributed by atoms with van der Waals surface area (Å²) in [5, 5.41) is 0. The standard InChI is InChI=1S/C8H11N3O2.ClH/c9-3-7-10-6-1-2-13-4-5(6)8(12)11-7;/h1-4,9H2,(H,10,11,12);1H. The molecular weight excluding hydrogens is 206 g/mol. The van der Waals surface area contributed by atoms with Crippen LogP contribution in [0.25, 0.3) is 0 Å².